The van der Waals surface area contributed by atoms with Crippen LogP contribution < -0.4 is 0 Å². The lowest BCUT2D eigenvalue weighted by Gasteiger charge is -2.38. The monoisotopic (exact) mass is 586 g/mol. The molecule has 0 saturated carbocycles. The molecule has 0 N–H and O–H groups in total. The van der Waals surface area contributed by atoms with E-state index in [1.165, 1.54) is 0 Å². The molecule has 0 aliphatic carbocycles. The largest absolute Gasteiger partial charge is 0.444 e. The molecule has 0 aromatic rings. The highest BCUT2D eigenvalue weighted by molar-refractivity contribution is 9.09. The number of carbonyl (C=O) groups excluding carboxylic acids is 4. The molecule has 0 unspecified atom stereocenters. The Morgan fingerprint density at radius 1 is 0.865 bits per heavy atom. The molecule has 2 aliphatic heterocycles. The Hall–Kier alpha value is -2.16. The molecule has 212 valence electrons. The number of hydrogen-bond acceptors (Lipinski definition) is 6. The summed E-state index contributed by atoms with van der Waals surface area (Å²) in [5, 5.41) is 0.896. The predicted octanol–water partition coefficient (Wildman–Crippen LogP) is 6.18. The molecular weight excluding hydrogens is 540 g/mol. The van der Waals surface area contributed by atoms with E-state index >= 15 is 0 Å². The van der Waals surface area contributed by atoms with Gasteiger partial charge in [-0.25, -0.2) is 9.59 Å². The summed E-state index contributed by atoms with van der Waals surface area (Å²) in [6, 6.07) is 0. The van der Waals surface area contributed by atoms with Crippen LogP contribution in [0.25, 0.3) is 0 Å². The van der Waals surface area contributed by atoms with Gasteiger partial charge < -0.3 is 28.9 Å². The van der Waals surface area contributed by atoms with Crippen molar-refractivity contribution >= 4 is 40.7 Å². The van der Waals surface area contributed by atoms with Gasteiger partial charge in [-0.2, -0.15) is 0 Å². The lowest BCUT2D eigenvalue weighted by atomic mass is 9.77. The van der Waals surface area contributed by atoms with Gasteiger partial charge in [0.1, 0.15) is 23.8 Å². The molecular formula is C28H47BrN2O6. The SMILES string of the molecule is C=CCBr.C=CCC1(C=O)CCN(C(=O)OC(C)(C)C)CC1.CC(C)(C)OC(=O)N1CCC(C=O)CC1. The molecule has 8 nitrogen and oxygen atoms in total. The van der Waals surface area contributed by atoms with Crippen molar-refractivity contribution in [1.29, 1.82) is 0 Å². The van der Waals surface area contributed by atoms with Gasteiger partial charge in [-0.15, -0.1) is 13.2 Å². The summed E-state index contributed by atoms with van der Waals surface area (Å²) in [5.74, 6) is 0.115. The Labute approximate surface area is 231 Å². The minimum atomic E-state index is -0.475. The Kier molecular flexibility index (Phi) is 15.7. The van der Waals surface area contributed by atoms with E-state index in [1.807, 2.05) is 41.5 Å². The van der Waals surface area contributed by atoms with Crippen LogP contribution in [0.15, 0.2) is 25.3 Å². The van der Waals surface area contributed by atoms with Crippen LogP contribution in [0.4, 0.5) is 9.59 Å². The molecule has 37 heavy (non-hydrogen) atoms. The number of likely N-dealkylation sites (tertiary alicyclic amines) is 2. The predicted molar refractivity (Wildman–Crippen MR) is 151 cm³/mol. The number of rotatable bonds is 5. The second-order valence-electron chi connectivity index (χ2n) is 11.3. The van der Waals surface area contributed by atoms with E-state index in [2.05, 4.69) is 29.1 Å². The standard InChI is InChI=1S/C14H23NO3.C11H19NO3.C3H5Br/c1-5-6-14(11-16)7-9-15(10-8-14)12(17)18-13(2,3)4;1-11(2,3)15-10(14)12-6-4-9(8-13)5-7-12;1-2-3-4/h5,11H,1,6-10H2,2-4H3;8-9H,4-7H2,1-3H3;2H,1,3H2. The minimum Gasteiger partial charge on any atom is -0.444 e. The molecule has 0 spiro atoms. The van der Waals surface area contributed by atoms with Crippen molar-refractivity contribution in [3.05, 3.63) is 25.3 Å². The van der Waals surface area contributed by atoms with Gasteiger partial charge in [0.15, 0.2) is 0 Å². The summed E-state index contributed by atoms with van der Waals surface area (Å²) in [7, 11) is 0. The maximum Gasteiger partial charge on any atom is 0.410 e. The molecule has 0 aromatic carbocycles. The van der Waals surface area contributed by atoms with E-state index in [9.17, 15) is 19.2 Å². The maximum absolute atomic E-state index is 11.9. The van der Waals surface area contributed by atoms with E-state index in [4.69, 9.17) is 9.47 Å². The number of aldehydes is 2. The Morgan fingerprint density at radius 3 is 1.57 bits per heavy atom. The van der Waals surface area contributed by atoms with E-state index in [0.717, 1.165) is 30.7 Å². The Bertz CT molecular complexity index is 741. The van der Waals surface area contributed by atoms with Crippen LogP contribution >= 0.6 is 15.9 Å². The highest BCUT2D eigenvalue weighted by Crippen LogP contribution is 2.33. The van der Waals surface area contributed by atoms with E-state index in [-0.39, 0.29) is 23.5 Å². The van der Waals surface area contributed by atoms with Gasteiger partial charge >= 0.3 is 12.2 Å². The van der Waals surface area contributed by atoms with Crippen molar-refractivity contribution in [3.63, 3.8) is 0 Å². The number of hydrogen-bond donors (Lipinski definition) is 0. The van der Waals surface area contributed by atoms with Crippen LogP contribution in [0.3, 0.4) is 0 Å². The van der Waals surface area contributed by atoms with Crippen LogP contribution in [-0.4, -0.2) is 77.3 Å². The second kappa shape index (κ2) is 16.6. The van der Waals surface area contributed by atoms with Crippen LogP contribution in [0.2, 0.25) is 0 Å². The van der Waals surface area contributed by atoms with Crippen molar-refractivity contribution in [2.45, 2.75) is 84.8 Å². The van der Waals surface area contributed by atoms with Gasteiger partial charge in [0, 0.05) is 42.8 Å². The number of carbonyl (C=O) groups is 4. The van der Waals surface area contributed by atoms with Crippen LogP contribution in [0.1, 0.15) is 73.6 Å². The summed E-state index contributed by atoms with van der Waals surface area (Å²) in [6.45, 7) is 20.6. The average Bonchev–Trinajstić information content (AvgIpc) is 2.83. The van der Waals surface area contributed by atoms with Gasteiger partial charge in [-0.3, -0.25) is 0 Å². The highest BCUT2D eigenvalue weighted by Gasteiger charge is 2.36. The third-order valence-corrected chi connectivity index (χ3v) is 6.16. The van der Waals surface area contributed by atoms with Crippen molar-refractivity contribution in [2.75, 3.05) is 31.5 Å². The Morgan fingerprint density at radius 2 is 1.27 bits per heavy atom. The number of allylic oxidation sites excluding steroid dienone is 2. The number of alkyl halides is 1. The number of halogens is 1. The van der Waals surface area contributed by atoms with Crippen LogP contribution in [-0.2, 0) is 19.1 Å². The first-order valence-corrected chi connectivity index (χ1v) is 13.9. The summed E-state index contributed by atoms with van der Waals surface area (Å²) in [6.07, 6.45) is 8.55. The van der Waals surface area contributed by atoms with Gasteiger partial charge in [-0.05, 0) is 73.6 Å². The molecule has 2 fully saturated rings. The highest BCUT2D eigenvalue weighted by atomic mass is 79.9. The zero-order valence-electron chi connectivity index (χ0n) is 23.6. The summed E-state index contributed by atoms with van der Waals surface area (Å²) >= 11 is 3.13. The number of amides is 2. The summed E-state index contributed by atoms with van der Waals surface area (Å²) < 4.78 is 10.6. The summed E-state index contributed by atoms with van der Waals surface area (Å²) in [5.41, 5.74) is -1.25. The topological polar surface area (TPSA) is 93.2 Å². The van der Waals surface area contributed by atoms with Crippen molar-refractivity contribution in [1.82, 2.24) is 9.80 Å². The molecule has 0 atom stereocenters. The fraction of sp³-hybridized carbons (Fsp3) is 0.714. The lowest BCUT2D eigenvalue weighted by Crippen LogP contribution is -2.45. The molecule has 0 aromatic heterocycles. The van der Waals surface area contributed by atoms with E-state index in [0.29, 0.717) is 45.4 Å². The van der Waals surface area contributed by atoms with Gasteiger partial charge in [0.25, 0.3) is 0 Å². The fourth-order valence-electron chi connectivity index (χ4n) is 3.66. The first-order valence-electron chi connectivity index (χ1n) is 12.8. The molecule has 2 amide bonds. The molecule has 2 rings (SSSR count). The number of nitrogens with zero attached hydrogens (tertiary/aromatic N) is 2. The molecule has 2 heterocycles. The second-order valence-corrected chi connectivity index (χ2v) is 12.0. The van der Waals surface area contributed by atoms with E-state index in [1.54, 1.807) is 22.0 Å². The minimum absolute atomic E-state index is 0.115. The Balaban J connectivity index is 0.000000619. The van der Waals surface area contributed by atoms with Gasteiger partial charge in [-0.1, -0.05) is 28.1 Å². The maximum atomic E-state index is 11.9. The van der Waals surface area contributed by atoms with Crippen LogP contribution in [0, 0.1) is 11.3 Å². The molecule has 2 saturated heterocycles. The van der Waals surface area contributed by atoms with Crippen molar-refractivity contribution in [3.8, 4) is 0 Å². The van der Waals surface area contributed by atoms with Crippen molar-refractivity contribution < 1.29 is 28.7 Å². The number of piperidine rings is 2. The quantitative estimate of drug-likeness (QED) is 0.217. The fourth-order valence-corrected chi connectivity index (χ4v) is 3.66. The first-order chi connectivity index (χ1) is 17.2. The molecule has 2 aliphatic rings. The zero-order valence-corrected chi connectivity index (χ0v) is 25.2. The third kappa shape index (κ3) is 15.0. The molecule has 0 radical (unpaired) electrons. The lowest BCUT2D eigenvalue weighted by molar-refractivity contribution is -0.118. The smallest absolute Gasteiger partial charge is 0.410 e. The van der Waals surface area contributed by atoms with Crippen LogP contribution in [0.5, 0.6) is 0 Å². The number of ether oxygens (including phenoxy) is 2. The zero-order chi connectivity index (χ0) is 28.7. The third-order valence-electron chi connectivity index (χ3n) is 5.70. The van der Waals surface area contributed by atoms with E-state index < -0.39 is 11.2 Å². The van der Waals surface area contributed by atoms with Gasteiger partial charge in [0.2, 0.25) is 0 Å². The van der Waals surface area contributed by atoms with Gasteiger partial charge in [0.05, 0.1) is 0 Å². The average molecular weight is 588 g/mol. The summed E-state index contributed by atoms with van der Waals surface area (Å²) in [4.78, 5) is 48.6. The van der Waals surface area contributed by atoms with Crippen molar-refractivity contribution in [2.24, 2.45) is 11.3 Å². The molecule has 0 bridgehead atoms. The first kappa shape index (κ1) is 34.8. The molecule has 9 heteroatoms. The normalized spacial score (nSPS) is 17.6.